The number of carbonyl (C=O) groups is 14. The number of anilines is 5. The molecule has 1 aliphatic heterocycles. The fourth-order valence-electron chi connectivity index (χ4n) is 7.38. The van der Waals surface area contributed by atoms with Crippen molar-refractivity contribution in [3.8, 4) is 0 Å². The van der Waals surface area contributed by atoms with Crippen molar-refractivity contribution in [2.45, 2.75) is 64.0 Å². The van der Waals surface area contributed by atoms with Crippen LogP contribution in [0.25, 0.3) is 0 Å². The van der Waals surface area contributed by atoms with Crippen LogP contribution in [0.2, 0.25) is 0 Å². The summed E-state index contributed by atoms with van der Waals surface area (Å²) in [5.41, 5.74) is 0.130. The van der Waals surface area contributed by atoms with Crippen LogP contribution in [0.5, 0.6) is 0 Å². The molecule has 1 heterocycles. The van der Waals surface area contributed by atoms with E-state index in [2.05, 4.69) is 42.5 Å². The Morgan fingerprint density at radius 3 is 1.65 bits per heavy atom. The van der Waals surface area contributed by atoms with Crippen molar-refractivity contribution in [1.82, 2.24) is 25.8 Å². The van der Waals surface area contributed by atoms with E-state index in [1.807, 2.05) is 0 Å². The molecule has 78 heavy (non-hydrogen) atoms. The zero-order chi connectivity index (χ0) is 57.6. The molecule has 3 aromatic carbocycles. The SMILES string of the molecule is C/C=C/C(=O)NCCNC(=O)CC(=O)Nc1cc(CCC(=O)O)cc(NC(=O)NC(Cc2ccc(NC(=O)CC(=O)Nc3cc(NC(=O)CC(=O)N4CCN(C(=O)CC(=O)O)CC4C(=O)O)cc(C(=O)O)c3)cc2)C(=O)O)c1. The summed E-state index contributed by atoms with van der Waals surface area (Å²) < 4.78 is 0. The number of carboxylic acids is 5. The van der Waals surface area contributed by atoms with Crippen molar-refractivity contribution < 1.29 is 92.7 Å². The molecule has 0 aromatic heterocycles. The first kappa shape index (κ1) is 60.3. The Balaban J connectivity index is 1.31. The molecule has 3 aromatic rings. The summed E-state index contributed by atoms with van der Waals surface area (Å²) in [6.45, 7) is 0.714. The molecule has 1 aliphatic rings. The highest BCUT2D eigenvalue weighted by Gasteiger charge is 2.38. The van der Waals surface area contributed by atoms with Gasteiger partial charge in [-0.25, -0.2) is 19.2 Å². The zero-order valence-corrected chi connectivity index (χ0v) is 41.4. The van der Waals surface area contributed by atoms with Gasteiger partial charge in [0.25, 0.3) is 0 Å². The predicted molar refractivity (Wildman–Crippen MR) is 271 cm³/mol. The first-order valence-corrected chi connectivity index (χ1v) is 23.4. The smallest absolute Gasteiger partial charge is 0.335 e. The van der Waals surface area contributed by atoms with Gasteiger partial charge in [0.05, 0.1) is 12.1 Å². The van der Waals surface area contributed by atoms with Crippen molar-refractivity contribution in [3.05, 3.63) is 89.5 Å². The maximum atomic E-state index is 13.1. The van der Waals surface area contributed by atoms with E-state index in [1.54, 1.807) is 6.92 Å². The van der Waals surface area contributed by atoms with E-state index >= 15 is 0 Å². The quantitative estimate of drug-likeness (QED) is 0.0291. The molecule has 29 heteroatoms. The lowest BCUT2D eigenvalue weighted by Gasteiger charge is -2.39. The second-order valence-corrected chi connectivity index (χ2v) is 17.0. The number of nitrogens with one attached hydrogen (secondary N) is 8. The molecule has 0 saturated carbocycles. The Morgan fingerprint density at radius 1 is 0.577 bits per heavy atom. The first-order valence-electron chi connectivity index (χ1n) is 23.4. The van der Waals surface area contributed by atoms with Gasteiger partial charge in [0, 0.05) is 67.5 Å². The number of carboxylic acid groups (broad SMARTS) is 5. The number of piperazine rings is 1. The maximum absolute atomic E-state index is 13.1. The number of aliphatic carboxylic acids is 4. The monoisotopic (exact) mass is 1090 g/mol. The molecule has 10 amide bonds. The predicted octanol–water partition coefficient (Wildman–Crippen LogP) is 0.251. The first-order chi connectivity index (χ1) is 36.9. The summed E-state index contributed by atoms with van der Waals surface area (Å²) in [4.78, 5) is 174. The van der Waals surface area contributed by atoms with E-state index in [9.17, 15) is 87.5 Å². The third-order valence-corrected chi connectivity index (χ3v) is 10.8. The fourth-order valence-corrected chi connectivity index (χ4v) is 7.38. The summed E-state index contributed by atoms with van der Waals surface area (Å²) in [6, 6.07) is 8.71. The summed E-state index contributed by atoms with van der Waals surface area (Å²) in [7, 11) is 0. The van der Waals surface area contributed by atoms with Crippen LogP contribution in [0.3, 0.4) is 0 Å². The van der Waals surface area contributed by atoms with Crippen LogP contribution in [0, 0.1) is 0 Å². The molecule has 0 spiro atoms. The molecule has 2 atom stereocenters. The van der Waals surface area contributed by atoms with Crippen molar-refractivity contribution >= 4 is 112 Å². The topological polar surface area (TPSA) is 443 Å². The van der Waals surface area contributed by atoms with E-state index in [-0.39, 0.29) is 79.8 Å². The molecule has 1 saturated heterocycles. The minimum absolute atomic E-state index is 0.0277. The molecule has 0 radical (unpaired) electrons. The second-order valence-electron chi connectivity index (χ2n) is 17.0. The number of urea groups is 1. The van der Waals surface area contributed by atoms with Crippen molar-refractivity contribution in [2.75, 3.05) is 59.3 Å². The molecule has 0 aliphatic carbocycles. The minimum Gasteiger partial charge on any atom is -0.481 e. The largest absolute Gasteiger partial charge is 0.481 e. The molecule has 29 nitrogen and oxygen atoms in total. The number of rotatable bonds is 26. The van der Waals surface area contributed by atoms with E-state index in [1.165, 1.54) is 54.6 Å². The van der Waals surface area contributed by atoms with Gasteiger partial charge in [0.1, 0.15) is 37.8 Å². The van der Waals surface area contributed by atoms with Crippen molar-refractivity contribution in [2.24, 2.45) is 0 Å². The molecular weight excluding hydrogens is 1030 g/mol. The third-order valence-electron chi connectivity index (χ3n) is 10.8. The lowest BCUT2D eigenvalue weighted by Crippen LogP contribution is -2.59. The van der Waals surface area contributed by atoms with Gasteiger partial charge >= 0.3 is 35.9 Å². The van der Waals surface area contributed by atoms with E-state index < -0.39 is 127 Å². The number of amides is 10. The number of benzene rings is 3. The second kappa shape index (κ2) is 29.0. The number of aryl methyl sites for hydroxylation is 1. The van der Waals surface area contributed by atoms with Crippen molar-refractivity contribution in [3.63, 3.8) is 0 Å². The van der Waals surface area contributed by atoms with Crippen LogP contribution < -0.4 is 42.5 Å². The standard InChI is InChI=1S/C49H54N10O19/c1-2-3-36(60)50-10-11-51-37(61)21-38(62)53-30-14-27(6-9-44(68)69)15-31(19-30)56-49(78)57-34(47(74)75)16-26-4-7-29(8-5-26)52-39(63)22-40(64)54-32-17-28(46(72)73)18-33(20-32)55-41(65)23-43(67)59-13-12-58(25-35(59)48(76)77)42(66)24-45(70)71/h2-5,7-8,14-15,17-20,34-35H,6,9-13,16,21-25H2,1H3,(H,50,60)(H,51,61)(H,52,63)(H,53,62)(H,54,64)(H,55,65)(H,68,69)(H,70,71)(H,72,73)(H,74,75)(H,76,77)(H2,56,57,78)/b3-2+. The zero-order valence-electron chi connectivity index (χ0n) is 41.4. The Kier molecular flexibility index (Phi) is 22.5. The van der Waals surface area contributed by atoms with Gasteiger partial charge < -0.3 is 77.9 Å². The molecule has 2 unspecified atom stereocenters. The van der Waals surface area contributed by atoms with Crippen LogP contribution in [-0.4, -0.2) is 163 Å². The van der Waals surface area contributed by atoms with E-state index in [0.29, 0.717) is 11.1 Å². The van der Waals surface area contributed by atoms with Gasteiger partial charge in [-0.3, -0.25) is 47.9 Å². The molecule has 1 fully saturated rings. The molecule has 414 valence electrons. The lowest BCUT2D eigenvalue weighted by molar-refractivity contribution is -0.157. The summed E-state index contributed by atoms with van der Waals surface area (Å²) in [5.74, 6) is -13.5. The normalized spacial score (nSPS) is 13.2. The van der Waals surface area contributed by atoms with Crippen LogP contribution in [0.1, 0.15) is 60.5 Å². The average Bonchev–Trinajstić information content (AvgIpc) is 3.34. The lowest BCUT2D eigenvalue weighted by atomic mass is 10.1. The van der Waals surface area contributed by atoms with Crippen molar-refractivity contribution in [1.29, 1.82) is 0 Å². The molecule has 13 N–H and O–H groups in total. The molecule has 0 bridgehead atoms. The number of nitrogens with zero attached hydrogens (tertiary/aromatic N) is 2. The highest BCUT2D eigenvalue weighted by atomic mass is 16.4. The fraction of sp³-hybridized carbons (Fsp3) is 0.306. The molecule has 4 rings (SSSR count). The molecular formula is C49H54N10O19. The van der Waals surface area contributed by atoms with Gasteiger partial charge in [0.15, 0.2) is 0 Å². The van der Waals surface area contributed by atoms with Gasteiger partial charge in [-0.2, -0.15) is 0 Å². The Morgan fingerprint density at radius 2 is 1.12 bits per heavy atom. The highest BCUT2D eigenvalue weighted by Crippen LogP contribution is 2.23. The Hall–Kier alpha value is -10.2. The summed E-state index contributed by atoms with van der Waals surface area (Å²) in [6.07, 6.45) is -1.08. The summed E-state index contributed by atoms with van der Waals surface area (Å²) in [5, 5.41) is 66.8. The number of hydrogen-bond donors (Lipinski definition) is 13. The Bertz CT molecular complexity index is 2890. The van der Waals surface area contributed by atoms with Crippen LogP contribution >= 0.6 is 0 Å². The van der Waals surface area contributed by atoms with Crippen LogP contribution in [0.15, 0.2) is 72.8 Å². The number of hydrogen-bond acceptors (Lipinski definition) is 14. The highest BCUT2D eigenvalue weighted by molar-refractivity contribution is 6.09. The van der Waals surface area contributed by atoms with Gasteiger partial charge in [-0.15, -0.1) is 0 Å². The van der Waals surface area contributed by atoms with E-state index in [0.717, 1.165) is 28.0 Å². The Labute approximate surface area is 441 Å². The van der Waals surface area contributed by atoms with Gasteiger partial charge in [0.2, 0.25) is 47.3 Å². The van der Waals surface area contributed by atoms with Crippen LogP contribution in [-0.2, 0) is 70.4 Å². The van der Waals surface area contributed by atoms with Gasteiger partial charge in [-0.1, -0.05) is 18.2 Å². The summed E-state index contributed by atoms with van der Waals surface area (Å²) >= 11 is 0. The van der Waals surface area contributed by atoms with Gasteiger partial charge in [-0.05, 0) is 79.1 Å². The number of allylic oxidation sites excluding steroid dienone is 1. The maximum Gasteiger partial charge on any atom is 0.335 e. The number of carbonyl (C=O) groups excluding carboxylic acids is 9. The average molecular weight is 1090 g/mol. The third kappa shape index (κ3) is 20.6. The minimum atomic E-state index is -1.60. The van der Waals surface area contributed by atoms with E-state index in [4.69, 9.17) is 5.11 Å². The van der Waals surface area contributed by atoms with Crippen LogP contribution in [0.4, 0.5) is 33.2 Å². The number of aromatic carboxylic acids is 1.